The van der Waals surface area contributed by atoms with Crippen molar-refractivity contribution in [2.24, 2.45) is 0 Å². The second-order valence-corrected chi connectivity index (χ2v) is 9.74. The van der Waals surface area contributed by atoms with Gasteiger partial charge in [0.15, 0.2) is 0 Å². The average Bonchev–Trinajstić information content (AvgIpc) is 2.79. The van der Waals surface area contributed by atoms with Gasteiger partial charge in [-0.25, -0.2) is 8.42 Å². The molecule has 0 aliphatic rings. The average molecular weight is 509 g/mol. The van der Waals surface area contributed by atoms with Gasteiger partial charge in [0.05, 0.1) is 35.5 Å². The first-order chi connectivity index (χ1) is 15.6. The van der Waals surface area contributed by atoms with E-state index >= 15 is 0 Å². The molecule has 0 saturated heterocycles. The van der Waals surface area contributed by atoms with Crippen molar-refractivity contribution in [3.05, 3.63) is 76.3 Å². The molecule has 0 heterocycles. The molecule has 0 aromatic heterocycles. The zero-order valence-corrected chi connectivity index (χ0v) is 20.5. The SMILES string of the molecule is COc1ccc(OC)c(N(CC(=O)Nc2cc(Cl)ccc2Cl)S(=O)(=O)c2ccc(C)cc2)c1. The van der Waals surface area contributed by atoms with Gasteiger partial charge in [0.25, 0.3) is 10.0 Å². The fourth-order valence-electron chi connectivity index (χ4n) is 3.04. The third-order valence-corrected chi connectivity index (χ3v) is 7.09. The molecule has 0 spiro atoms. The van der Waals surface area contributed by atoms with Crippen LogP contribution in [0.25, 0.3) is 0 Å². The number of benzene rings is 3. The lowest BCUT2D eigenvalue weighted by molar-refractivity contribution is -0.114. The van der Waals surface area contributed by atoms with Crippen LogP contribution in [-0.4, -0.2) is 35.1 Å². The molecule has 0 bridgehead atoms. The highest BCUT2D eigenvalue weighted by Gasteiger charge is 2.30. The van der Waals surface area contributed by atoms with Crippen molar-refractivity contribution in [3.63, 3.8) is 0 Å². The number of nitrogens with one attached hydrogen (secondary N) is 1. The van der Waals surface area contributed by atoms with Crippen molar-refractivity contribution in [1.29, 1.82) is 0 Å². The van der Waals surface area contributed by atoms with Crippen LogP contribution in [0.4, 0.5) is 11.4 Å². The molecular weight excluding hydrogens is 487 g/mol. The number of rotatable bonds is 8. The molecule has 1 N–H and O–H groups in total. The maximum atomic E-state index is 13.6. The van der Waals surface area contributed by atoms with E-state index in [1.165, 1.54) is 44.6 Å². The maximum Gasteiger partial charge on any atom is 0.264 e. The van der Waals surface area contributed by atoms with Gasteiger partial charge in [-0.3, -0.25) is 9.10 Å². The molecule has 7 nitrogen and oxygen atoms in total. The minimum Gasteiger partial charge on any atom is -0.497 e. The Balaban J connectivity index is 2.07. The lowest BCUT2D eigenvalue weighted by atomic mass is 10.2. The first-order valence-corrected chi connectivity index (χ1v) is 11.9. The summed E-state index contributed by atoms with van der Waals surface area (Å²) in [6.07, 6.45) is 0. The first-order valence-electron chi connectivity index (χ1n) is 9.72. The molecule has 0 fully saturated rings. The molecule has 10 heteroatoms. The Hall–Kier alpha value is -2.94. The van der Waals surface area contributed by atoms with Crippen molar-refractivity contribution in [1.82, 2.24) is 0 Å². The van der Waals surface area contributed by atoms with Crippen LogP contribution in [0.5, 0.6) is 11.5 Å². The van der Waals surface area contributed by atoms with E-state index < -0.39 is 22.5 Å². The number of anilines is 2. The van der Waals surface area contributed by atoms with Crippen molar-refractivity contribution in [2.45, 2.75) is 11.8 Å². The van der Waals surface area contributed by atoms with Crippen LogP contribution < -0.4 is 19.1 Å². The molecule has 3 aromatic carbocycles. The predicted octanol–water partition coefficient (Wildman–Crippen LogP) is 5.15. The third-order valence-electron chi connectivity index (χ3n) is 4.75. The lowest BCUT2D eigenvalue weighted by Gasteiger charge is -2.26. The number of nitrogens with zero attached hydrogens (tertiary/aromatic N) is 1. The highest BCUT2D eigenvalue weighted by molar-refractivity contribution is 7.92. The van der Waals surface area contributed by atoms with E-state index in [0.29, 0.717) is 10.8 Å². The molecule has 0 aliphatic carbocycles. The fourth-order valence-corrected chi connectivity index (χ4v) is 4.80. The second-order valence-electron chi connectivity index (χ2n) is 7.03. The van der Waals surface area contributed by atoms with E-state index in [2.05, 4.69) is 5.32 Å². The molecule has 174 valence electrons. The van der Waals surface area contributed by atoms with E-state index in [1.807, 2.05) is 6.92 Å². The van der Waals surface area contributed by atoms with E-state index in [-0.39, 0.29) is 27.0 Å². The zero-order chi connectivity index (χ0) is 24.2. The summed E-state index contributed by atoms with van der Waals surface area (Å²) in [4.78, 5) is 13.0. The smallest absolute Gasteiger partial charge is 0.264 e. The van der Waals surface area contributed by atoms with Crippen molar-refractivity contribution < 1.29 is 22.7 Å². The number of carbonyl (C=O) groups is 1. The molecule has 1 amide bonds. The highest BCUT2D eigenvalue weighted by atomic mass is 35.5. The molecule has 0 saturated carbocycles. The first kappa shape index (κ1) is 24.7. The van der Waals surface area contributed by atoms with Crippen molar-refractivity contribution in [2.75, 3.05) is 30.4 Å². The minimum absolute atomic E-state index is 0.0200. The summed E-state index contributed by atoms with van der Waals surface area (Å²) in [6.45, 7) is 1.30. The third kappa shape index (κ3) is 5.71. The van der Waals surface area contributed by atoms with Crippen LogP contribution in [-0.2, 0) is 14.8 Å². The Kier molecular flexibility index (Phi) is 7.73. The van der Waals surface area contributed by atoms with Gasteiger partial charge < -0.3 is 14.8 Å². The summed E-state index contributed by atoms with van der Waals surface area (Å²) < 4.78 is 38.8. The van der Waals surface area contributed by atoms with Gasteiger partial charge in [-0.1, -0.05) is 40.9 Å². The maximum absolute atomic E-state index is 13.6. The van der Waals surface area contributed by atoms with E-state index in [1.54, 1.807) is 30.3 Å². The number of sulfonamides is 1. The van der Waals surface area contributed by atoms with Crippen molar-refractivity contribution in [3.8, 4) is 11.5 Å². The number of hydrogen-bond acceptors (Lipinski definition) is 5. The number of methoxy groups -OCH3 is 2. The topological polar surface area (TPSA) is 84.9 Å². The van der Waals surface area contributed by atoms with E-state index in [4.69, 9.17) is 32.7 Å². The molecule has 0 atom stereocenters. The fraction of sp³-hybridized carbons (Fsp3) is 0.174. The minimum atomic E-state index is -4.16. The van der Waals surface area contributed by atoms with Crippen LogP contribution in [0.15, 0.2) is 65.6 Å². The van der Waals surface area contributed by atoms with Gasteiger partial charge in [0, 0.05) is 11.1 Å². The second kappa shape index (κ2) is 10.3. The van der Waals surface area contributed by atoms with E-state index in [0.717, 1.165) is 9.87 Å². The largest absolute Gasteiger partial charge is 0.497 e. The highest BCUT2D eigenvalue weighted by Crippen LogP contribution is 2.36. The number of hydrogen-bond donors (Lipinski definition) is 1. The van der Waals surface area contributed by atoms with Crippen LogP contribution in [0, 0.1) is 6.92 Å². The Labute approximate surface area is 202 Å². The molecule has 0 radical (unpaired) electrons. The lowest BCUT2D eigenvalue weighted by Crippen LogP contribution is -2.38. The van der Waals surface area contributed by atoms with Crippen molar-refractivity contribution >= 4 is 50.5 Å². The monoisotopic (exact) mass is 508 g/mol. The van der Waals surface area contributed by atoms with Gasteiger partial charge >= 0.3 is 0 Å². The summed E-state index contributed by atoms with van der Waals surface area (Å²) in [5.41, 5.74) is 1.30. The predicted molar refractivity (Wildman–Crippen MR) is 130 cm³/mol. The molecule has 3 rings (SSSR count). The van der Waals surface area contributed by atoms with Gasteiger partial charge in [-0.2, -0.15) is 0 Å². The van der Waals surface area contributed by atoms with Crippen LogP contribution in [0.1, 0.15) is 5.56 Å². The quantitative estimate of drug-likeness (QED) is 0.454. The van der Waals surface area contributed by atoms with Crippen LogP contribution in [0.3, 0.4) is 0 Å². The normalized spacial score (nSPS) is 11.1. The molecule has 0 unspecified atom stereocenters. The molecule has 3 aromatic rings. The Morgan fingerprint density at radius 3 is 2.30 bits per heavy atom. The number of carbonyl (C=O) groups excluding carboxylic acids is 1. The van der Waals surface area contributed by atoms with Gasteiger partial charge in [-0.05, 0) is 49.4 Å². The number of amides is 1. The number of halogens is 2. The molecule has 33 heavy (non-hydrogen) atoms. The van der Waals surface area contributed by atoms with Gasteiger partial charge in [0.2, 0.25) is 5.91 Å². The number of ether oxygens (including phenoxy) is 2. The molecule has 0 aliphatic heterocycles. The van der Waals surface area contributed by atoms with Gasteiger partial charge in [0.1, 0.15) is 18.0 Å². The van der Waals surface area contributed by atoms with Gasteiger partial charge in [-0.15, -0.1) is 0 Å². The zero-order valence-electron chi connectivity index (χ0n) is 18.1. The van der Waals surface area contributed by atoms with Crippen LogP contribution in [0.2, 0.25) is 10.0 Å². The summed E-state index contributed by atoms with van der Waals surface area (Å²) in [5.74, 6) is 0.0213. The summed E-state index contributed by atoms with van der Waals surface area (Å²) in [6, 6.07) is 15.6. The standard InChI is InChI=1S/C23H22Cl2N2O5S/c1-15-4-8-18(9-5-15)33(29,30)27(21-13-17(31-2)7-11-22(21)32-3)14-23(28)26-20-12-16(24)6-10-19(20)25/h4-13H,14H2,1-3H3,(H,26,28). The van der Waals surface area contributed by atoms with Crippen LogP contribution >= 0.6 is 23.2 Å². The Bertz CT molecular complexity index is 1260. The summed E-state index contributed by atoms with van der Waals surface area (Å²) in [5, 5.41) is 3.25. The Morgan fingerprint density at radius 1 is 0.970 bits per heavy atom. The summed E-state index contributed by atoms with van der Waals surface area (Å²) in [7, 11) is -1.29. The van der Waals surface area contributed by atoms with E-state index in [9.17, 15) is 13.2 Å². The Morgan fingerprint density at radius 2 is 1.67 bits per heavy atom. The summed E-state index contributed by atoms with van der Waals surface area (Å²) >= 11 is 12.1. The number of aryl methyl sites for hydroxylation is 1. The molecular formula is C23H22Cl2N2O5S.